The van der Waals surface area contributed by atoms with Crippen LogP contribution >= 0.6 is 15.9 Å². The molecule has 0 radical (unpaired) electrons. The quantitative estimate of drug-likeness (QED) is 0.784. The number of amides is 1. The average Bonchev–Trinajstić information content (AvgIpc) is 2.63. The van der Waals surface area contributed by atoms with Crippen molar-refractivity contribution in [3.8, 4) is 0 Å². The van der Waals surface area contributed by atoms with E-state index in [0.29, 0.717) is 6.54 Å². The third-order valence-corrected chi connectivity index (χ3v) is 4.06. The van der Waals surface area contributed by atoms with Crippen molar-refractivity contribution in [1.82, 2.24) is 9.88 Å². The number of benzene rings is 1. The van der Waals surface area contributed by atoms with E-state index in [1.165, 1.54) is 4.90 Å². The van der Waals surface area contributed by atoms with Crippen LogP contribution in [0.4, 0.5) is 4.79 Å². The number of hydrogen-bond acceptors (Lipinski definition) is 1. The summed E-state index contributed by atoms with van der Waals surface area (Å²) in [6, 6.07) is 6.07. The number of aromatic nitrogens is 1. The highest BCUT2D eigenvalue weighted by atomic mass is 79.9. The van der Waals surface area contributed by atoms with Gasteiger partial charge in [0.15, 0.2) is 0 Å². The Kier molecular flexibility index (Phi) is 2.59. The molecule has 5 heteroatoms. The minimum absolute atomic E-state index is 0.0199. The first-order valence-electron chi connectivity index (χ1n) is 5.85. The van der Waals surface area contributed by atoms with Crippen LogP contribution in [0.25, 0.3) is 10.9 Å². The van der Waals surface area contributed by atoms with Crippen molar-refractivity contribution in [1.29, 1.82) is 0 Å². The Morgan fingerprint density at radius 2 is 2.33 bits per heavy atom. The summed E-state index contributed by atoms with van der Waals surface area (Å²) in [4.78, 5) is 16.1. The van der Waals surface area contributed by atoms with Crippen LogP contribution in [0.5, 0.6) is 0 Å². The molecule has 0 spiro atoms. The van der Waals surface area contributed by atoms with Crippen molar-refractivity contribution in [3.05, 3.63) is 33.9 Å². The molecule has 18 heavy (non-hydrogen) atoms. The summed E-state index contributed by atoms with van der Waals surface area (Å²) in [5.74, 6) is 0. The molecule has 0 bridgehead atoms. The van der Waals surface area contributed by atoms with Gasteiger partial charge in [0.1, 0.15) is 0 Å². The van der Waals surface area contributed by atoms with Gasteiger partial charge in [0.2, 0.25) is 0 Å². The van der Waals surface area contributed by atoms with E-state index < -0.39 is 6.09 Å². The summed E-state index contributed by atoms with van der Waals surface area (Å²) < 4.78 is 1.02. The molecule has 1 amide bonds. The van der Waals surface area contributed by atoms with Crippen LogP contribution in [-0.2, 0) is 13.0 Å². The van der Waals surface area contributed by atoms with E-state index in [4.69, 9.17) is 0 Å². The lowest BCUT2D eigenvalue weighted by Crippen LogP contribution is -2.41. The van der Waals surface area contributed by atoms with Gasteiger partial charge >= 0.3 is 6.09 Å². The highest BCUT2D eigenvalue weighted by molar-refractivity contribution is 9.10. The fraction of sp³-hybridized carbons (Fsp3) is 0.308. The summed E-state index contributed by atoms with van der Waals surface area (Å²) in [5.41, 5.74) is 3.33. The molecule has 1 aliphatic rings. The Bertz CT molecular complexity index is 635. The first-order chi connectivity index (χ1) is 8.56. The van der Waals surface area contributed by atoms with Crippen LogP contribution in [0.1, 0.15) is 18.2 Å². The molecule has 94 valence electrons. The van der Waals surface area contributed by atoms with E-state index in [1.807, 2.05) is 25.1 Å². The number of nitrogens with one attached hydrogen (secondary N) is 1. The third-order valence-electron chi connectivity index (χ3n) is 3.56. The molecule has 3 rings (SSSR count). The van der Waals surface area contributed by atoms with E-state index in [-0.39, 0.29) is 6.04 Å². The predicted molar refractivity (Wildman–Crippen MR) is 72.7 cm³/mol. The van der Waals surface area contributed by atoms with Crippen LogP contribution in [0.2, 0.25) is 0 Å². The number of H-pyrrole nitrogens is 1. The number of hydrogen-bond donors (Lipinski definition) is 2. The van der Waals surface area contributed by atoms with Gasteiger partial charge in [-0.25, -0.2) is 4.79 Å². The number of nitrogens with zero attached hydrogens (tertiary/aromatic N) is 1. The van der Waals surface area contributed by atoms with Gasteiger partial charge in [0.25, 0.3) is 0 Å². The Balaban J connectivity index is 2.13. The van der Waals surface area contributed by atoms with Crippen molar-refractivity contribution < 1.29 is 9.90 Å². The topological polar surface area (TPSA) is 56.3 Å². The molecular formula is C13H13BrN2O2. The molecule has 0 fully saturated rings. The fourth-order valence-corrected chi connectivity index (χ4v) is 2.99. The standard InChI is InChI=1S/C13H13BrN2O2/c1-7-4-11-10(6-16(7)13(17)18)9-3-2-8(14)5-12(9)15-11/h2-3,5,7,15H,4,6H2,1H3,(H,17,18). The third kappa shape index (κ3) is 1.70. The zero-order valence-corrected chi connectivity index (χ0v) is 11.5. The second-order valence-electron chi connectivity index (χ2n) is 4.74. The maximum Gasteiger partial charge on any atom is 0.407 e. The highest BCUT2D eigenvalue weighted by Crippen LogP contribution is 2.31. The van der Waals surface area contributed by atoms with Crippen LogP contribution in [0.3, 0.4) is 0 Å². The molecule has 4 nitrogen and oxygen atoms in total. The molecular weight excluding hydrogens is 296 g/mol. The average molecular weight is 309 g/mol. The molecule has 0 saturated heterocycles. The smallest absolute Gasteiger partial charge is 0.407 e. The van der Waals surface area contributed by atoms with Gasteiger partial charge in [-0.2, -0.15) is 0 Å². The summed E-state index contributed by atoms with van der Waals surface area (Å²) in [6.07, 6.45) is -0.104. The van der Waals surface area contributed by atoms with E-state index in [1.54, 1.807) is 0 Å². The van der Waals surface area contributed by atoms with Crippen molar-refractivity contribution in [2.45, 2.75) is 25.9 Å². The van der Waals surface area contributed by atoms with Gasteiger partial charge in [0.05, 0.1) is 6.54 Å². The van der Waals surface area contributed by atoms with Crippen molar-refractivity contribution in [3.63, 3.8) is 0 Å². The van der Waals surface area contributed by atoms with Gasteiger partial charge in [0, 0.05) is 39.1 Å². The number of carbonyl (C=O) groups is 1. The zero-order chi connectivity index (χ0) is 12.9. The van der Waals surface area contributed by atoms with E-state index in [9.17, 15) is 9.90 Å². The molecule has 2 N–H and O–H groups in total. The number of carboxylic acid groups (broad SMARTS) is 1. The number of aromatic amines is 1. The Morgan fingerprint density at radius 3 is 3.06 bits per heavy atom. The summed E-state index contributed by atoms with van der Waals surface area (Å²) in [7, 11) is 0. The summed E-state index contributed by atoms with van der Waals surface area (Å²) >= 11 is 3.45. The SMILES string of the molecule is CC1Cc2[nH]c3cc(Br)ccc3c2CN1C(=O)O. The van der Waals surface area contributed by atoms with Gasteiger partial charge < -0.3 is 15.0 Å². The lowest BCUT2D eigenvalue weighted by Gasteiger charge is -2.31. The maximum atomic E-state index is 11.2. The minimum atomic E-state index is -0.848. The molecule has 0 aliphatic carbocycles. The molecule has 1 unspecified atom stereocenters. The van der Waals surface area contributed by atoms with E-state index >= 15 is 0 Å². The zero-order valence-electron chi connectivity index (χ0n) is 9.90. The number of fused-ring (bicyclic) bond motifs is 3. The molecule has 1 aromatic carbocycles. The molecule has 1 atom stereocenters. The Labute approximate surface area is 113 Å². The molecule has 1 aromatic heterocycles. The molecule has 2 heterocycles. The van der Waals surface area contributed by atoms with Gasteiger partial charge in [-0.05, 0) is 19.1 Å². The second-order valence-corrected chi connectivity index (χ2v) is 5.65. The van der Waals surface area contributed by atoms with Gasteiger partial charge in [-0.15, -0.1) is 0 Å². The van der Waals surface area contributed by atoms with Crippen LogP contribution < -0.4 is 0 Å². The predicted octanol–water partition coefficient (Wildman–Crippen LogP) is 3.36. The van der Waals surface area contributed by atoms with Crippen molar-refractivity contribution in [2.75, 3.05) is 0 Å². The summed E-state index contributed by atoms with van der Waals surface area (Å²) in [5, 5.41) is 10.3. The Hall–Kier alpha value is -1.49. The maximum absolute atomic E-state index is 11.2. The fourth-order valence-electron chi connectivity index (χ4n) is 2.63. The van der Waals surface area contributed by atoms with E-state index in [0.717, 1.165) is 33.1 Å². The highest BCUT2D eigenvalue weighted by Gasteiger charge is 2.28. The molecule has 1 aliphatic heterocycles. The largest absolute Gasteiger partial charge is 0.465 e. The van der Waals surface area contributed by atoms with Crippen LogP contribution in [-0.4, -0.2) is 27.1 Å². The second kappa shape index (κ2) is 4.02. The van der Waals surface area contributed by atoms with Crippen LogP contribution in [0, 0.1) is 0 Å². The minimum Gasteiger partial charge on any atom is -0.465 e. The van der Waals surface area contributed by atoms with Crippen LogP contribution in [0.15, 0.2) is 22.7 Å². The lowest BCUT2D eigenvalue weighted by molar-refractivity contribution is 0.119. The van der Waals surface area contributed by atoms with E-state index in [2.05, 4.69) is 20.9 Å². The normalized spacial score (nSPS) is 19.0. The number of halogens is 1. The molecule has 0 saturated carbocycles. The summed E-state index contributed by atoms with van der Waals surface area (Å²) in [6.45, 7) is 2.41. The van der Waals surface area contributed by atoms with Crippen molar-refractivity contribution >= 4 is 32.9 Å². The van der Waals surface area contributed by atoms with Crippen molar-refractivity contribution in [2.24, 2.45) is 0 Å². The monoisotopic (exact) mass is 308 g/mol. The first-order valence-corrected chi connectivity index (χ1v) is 6.64. The number of rotatable bonds is 0. The van der Waals surface area contributed by atoms with Gasteiger partial charge in [-0.3, -0.25) is 0 Å². The lowest BCUT2D eigenvalue weighted by atomic mass is 10.00. The molecule has 2 aromatic rings. The Morgan fingerprint density at radius 1 is 1.56 bits per heavy atom. The first kappa shape index (κ1) is 11.6. The van der Waals surface area contributed by atoms with Gasteiger partial charge in [-0.1, -0.05) is 22.0 Å².